The molecule has 3 aromatic rings. The second-order valence-corrected chi connectivity index (χ2v) is 7.77. The van der Waals surface area contributed by atoms with Crippen molar-refractivity contribution in [2.75, 3.05) is 0 Å². The van der Waals surface area contributed by atoms with Crippen LogP contribution in [0.5, 0.6) is 0 Å². The van der Waals surface area contributed by atoms with Crippen molar-refractivity contribution >= 4 is 27.5 Å². The van der Waals surface area contributed by atoms with Crippen LogP contribution in [-0.2, 0) is 9.53 Å². The van der Waals surface area contributed by atoms with Crippen LogP contribution in [0.2, 0.25) is 0 Å². The average molecular weight is 370 g/mol. The third-order valence-corrected chi connectivity index (χ3v) is 5.69. The molecule has 5 nitrogen and oxygen atoms in total. The van der Waals surface area contributed by atoms with Gasteiger partial charge in [0.2, 0.25) is 0 Å². The predicted octanol–water partition coefficient (Wildman–Crippen LogP) is 4.40. The minimum absolute atomic E-state index is 0.0629. The van der Waals surface area contributed by atoms with Crippen molar-refractivity contribution in [2.45, 2.75) is 46.1 Å². The van der Waals surface area contributed by atoms with Crippen LogP contribution in [0.25, 0.3) is 10.2 Å². The fourth-order valence-electron chi connectivity index (χ4n) is 2.91. The van der Waals surface area contributed by atoms with Gasteiger partial charge in [0.05, 0.1) is 11.8 Å². The molecule has 3 rings (SSSR count). The Hall–Kier alpha value is -2.47. The van der Waals surface area contributed by atoms with Gasteiger partial charge in [0.1, 0.15) is 4.83 Å². The van der Waals surface area contributed by atoms with E-state index in [-0.39, 0.29) is 23.9 Å². The van der Waals surface area contributed by atoms with E-state index in [0.29, 0.717) is 16.0 Å². The summed E-state index contributed by atoms with van der Waals surface area (Å²) in [6.45, 7) is 7.60. The van der Waals surface area contributed by atoms with E-state index in [1.54, 1.807) is 6.92 Å². The highest BCUT2D eigenvalue weighted by atomic mass is 32.1. The molecule has 2 aromatic heterocycles. The number of fused-ring (bicyclic) bond motifs is 1. The molecular formula is C20H22N2O3S. The number of H-pyrrole nitrogens is 1. The third-order valence-electron chi connectivity index (χ3n) is 4.59. The lowest BCUT2D eigenvalue weighted by molar-refractivity contribution is -0.149. The molecular weight excluding hydrogens is 348 g/mol. The topological polar surface area (TPSA) is 72.0 Å². The van der Waals surface area contributed by atoms with Crippen molar-refractivity contribution < 1.29 is 9.53 Å². The largest absolute Gasteiger partial charge is 0.454 e. The van der Waals surface area contributed by atoms with Crippen molar-refractivity contribution in [3.63, 3.8) is 0 Å². The molecule has 0 bridgehead atoms. The number of ether oxygens (including phenoxy) is 1. The van der Waals surface area contributed by atoms with Crippen LogP contribution >= 0.6 is 11.3 Å². The molecule has 0 spiro atoms. The number of carbonyl (C=O) groups excluding carboxylic acids is 1. The lowest BCUT2D eigenvalue weighted by Crippen LogP contribution is -2.18. The Kier molecular flexibility index (Phi) is 5.23. The van der Waals surface area contributed by atoms with E-state index in [9.17, 15) is 9.59 Å². The summed E-state index contributed by atoms with van der Waals surface area (Å²) in [7, 11) is 0. The first-order chi connectivity index (χ1) is 12.4. The third kappa shape index (κ3) is 3.70. The van der Waals surface area contributed by atoms with Gasteiger partial charge in [-0.3, -0.25) is 9.59 Å². The number of nitrogens with zero attached hydrogens (tertiary/aromatic N) is 1. The van der Waals surface area contributed by atoms with Crippen LogP contribution in [0, 0.1) is 13.8 Å². The Morgan fingerprint density at radius 3 is 2.62 bits per heavy atom. The first-order valence-corrected chi connectivity index (χ1v) is 9.42. The van der Waals surface area contributed by atoms with Crippen molar-refractivity contribution in [3.8, 4) is 0 Å². The van der Waals surface area contributed by atoms with Crippen LogP contribution in [0.4, 0.5) is 0 Å². The van der Waals surface area contributed by atoms with E-state index in [1.807, 2.05) is 51.1 Å². The minimum Gasteiger partial charge on any atom is -0.454 e. The number of carbonyl (C=O) groups is 1. The van der Waals surface area contributed by atoms with Crippen LogP contribution in [-0.4, -0.2) is 15.9 Å². The van der Waals surface area contributed by atoms with Gasteiger partial charge in [-0.05, 0) is 37.8 Å². The summed E-state index contributed by atoms with van der Waals surface area (Å²) < 4.78 is 5.50. The molecule has 1 N–H and O–H groups in total. The van der Waals surface area contributed by atoms with Gasteiger partial charge in [-0.25, -0.2) is 4.98 Å². The highest BCUT2D eigenvalue weighted by Crippen LogP contribution is 2.27. The Balaban J connectivity index is 1.73. The number of benzene rings is 1. The molecule has 0 amide bonds. The number of hydrogen-bond acceptors (Lipinski definition) is 5. The zero-order valence-corrected chi connectivity index (χ0v) is 16.1. The number of rotatable bonds is 5. The summed E-state index contributed by atoms with van der Waals surface area (Å²) in [6.07, 6.45) is -0.330. The maximum Gasteiger partial charge on any atom is 0.307 e. The molecule has 0 saturated carbocycles. The van der Waals surface area contributed by atoms with Crippen LogP contribution in [0.15, 0.2) is 35.1 Å². The molecule has 2 atom stereocenters. The monoisotopic (exact) mass is 370 g/mol. The average Bonchev–Trinajstić information content (AvgIpc) is 2.90. The van der Waals surface area contributed by atoms with Gasteiger partial charge in [0, 0.05) is 4.88 Å². The minimum atomic E-state index is -0.606. The number of aromatic amines is 1. The van der Waals surface area contributed by atoms with Crippen molar-refractivity contribution in [1.29, 1.82) is 0 Å². The lowest BCUT2D eigenvalue weighted by Gasteiger charge is -2.15. The first kappa shape index (κ1) is 18.3. The maximum atomic E-state index is 12.4. The fraction of sp³-hybridized carbons (Fsp3) is 0.350. The molecule has 1 aromatic carbocycles. The number of hydrogen-bond donors (Lipinski definition) is 1. The molecule has 0 aliphatic carbocycles. The summed E-state index contributed by atoms with van der Waals surface area (Å²) in [5.41, 5.74) is 1.86. The second kappa shape index (κ2) is 7.41. The molecule has 0 saturated heterocycles. The van der Waals surface area contributed by atoms with Gasteiger partial charge in [0.15, 0.2) is 11.9 Å². The molecule has 26 heavy (non-hydrogen) atoms. The SMILES string of the molecule is Cc1sc2nc([C@H](C)OC(=O)C[C@@H](C)c3ccccc3)[nH]c(=O)c2c1C. The molecule has 0 radical (unpaired) electrons. The molecule has 0 aliphatic rings. The standard InChI is InChI=1S/C20H22N2O3S/c1-11(15-8-6-5-7-9-15)10-16(23)25-13(3)18-21-19(24)17-12(2)14(4)26-20(17)22-18/h5-9,11,13H,10H2,1-4H3,(H,21,22,24)/t11-,13+/m1/s1. The molecule has 2 heterocycles. The Morgan fingerprint density at radius 1 is 1.23 bits per heavy atom. The molecule has 136 valence electrons. The summed E-state index contributed by atoms with van der Waals surface area (Å²) in [6, 6.07) is 9.84. The second-order valence-electron chi connectivity index (χ2n) is 6.56. The molecule has 0 unspecified atom stereocenters. The van der Waals surface area contributed by atoms with E-state index >= 15 is 0 Å². The highest BCUT2D eigenvalue weighted by Gasteiger charge is 2.19. The maximum absolute atomic E-state index is 12.4. The van der Waals surface area contributed by atoms with Crippen LogP contribution in [0.3, 0.4) is 0 Å². The van der Waals surface area contributed by atoms with Gasteiger partial charge in [-0.1, -0.05) is 37.3 Å². The van der Waals surface area contributed by atoms with Gasteiger partial charge in [0.25, 0.3) is 5.56 Å². The van der Waals surface area contributed by atoms with Gasteiger partial charge < -0.3 is 9.72 Å². The number of nitrogens with one attached hydrogen (secondary N) is 1. The quantitative estimate of drug-likeness (QED) is 0.676. The van der Waals surface area contributed by atoms with Crippen LogP contribution in [0.1, 0.15) is 54.1 Å². The first-order valence-electron chi connectivity index (χ1n) is 8.61. The molecule has 0 aliphatic heterocycles. The Bertz CT molecular complexity index is 991. The van der Waals surface area contributed by atoms with E-state index in [2.05, 4.69) is 9.97 Å². The predicted molar refractivity (Wildman–Crippen MR) is 104 cm³/mol. The van der Waals surface area contributed by atoms with Crippen molar-refractivity contribution in [2.24, 2.45) is 0 Å². The van der Waals surface area contributed by atoms with E-state index in [1.165, 1.54) is 11.3 Å². The zero-order chi connectivity index (χ0) is 18.8. The van der Waals surface area contributed by atoms with Crippen LogP contribution < -0.4 is 5.56 Å². The van der Waals surface area contributed by atoms with Gasteiger partial charge in [-0.2, -0.15) is 0 Å². The molecule has 0 fully saturated rings. The molecule has 6 heteroatoms. The van der Waals surface area contributed by atoms with Gasteiger partial charge >= 0.3 is 5.97 Å². The van der Waals surface area contributed by atoms with E-state index < -0.39 is 6.10 Å². The smallest absolute Gasteiger partial charge is 0.307 e. The van der Waals surface area contributed by atoms with Crippen molar-refractivity contribution in [3.05, 3.63) is 62.5 Å². The number of esters is 1. The number of aryl methyl sites for hydroxylation is 2. The summed E-state index contributed by atoms with van der Waals surface area (Å²) in [4.78, 5) is 33.6. The highest BCUT2D eigenvalue weighted by molar-refractivity contribution is 7.18. The van der Waals surface area contributed by atoms with Crippen molar-refractivity contribution in [1.82, 2.24) is 9.97 Å². The van der Waals surface area contributed by atoms with E-state index in [4.69, 9.17) is 4.74 Å². The Morgan fingerprint density at radius 2 is 1.92 bits per heavy atom. The lowest BCUT2D eigenvalue weighted by atomic mass is 9.98. The number of aromatic nitrogens is 2. The fourth-order valence-corrected chi connectivity index (χ4v) is 3.95. The summed E-state index contributed by atoms with van der Waals surface area (Å²) in [5.74, 6) is 0.132. The number of thiophene rings is 1. The summed E-state index contributed by atoms with van der Waals surface area (Å²) in [5, 5.41) is 0.618. The normalized spacial score (nSPS) is 13.5. The summed E-state index contributed by atoms with van der Waals surface area (Å²) >= 11 is 1.48. The zero-order valence-electron chi connectivity index (χ0n) is 15.3. The Labute approximate surface area is 156 Å². The van der Waals surface area contributed by atoms with Gasteiger partial charge in [-0.15, -0.1) is 11.3 Å². The van der Waals surface area contributed by atoms with E-state index in [0.717, 1.165) is 16.0 Å².